The van der Waals surface area contributed by atoms with Gasteiger partial charge < -0.3 is 20.3 Å². The number of benzene rings is 5. The number of ether oxygens (including phenoxy) is 1. The lowest BCUT2D eigenvalue weighted by molar-refractivity contribution is 0.104. The maximum absolute atomic E-state index is 14.3. The van der Waals surface area contributed by atoms with E-state index in [1.165, 1.54) is 12.1 Å². The Hall–Kier alpha value is -4.75. The van der Waals surface area contributed by atoms with E-state index < -0.39 is 0 Å². The van der Waals surface area contributed by atoms with Gasteiger partial charge in [-0.25, -0.2) is 4.98 Å². The number of aromatic hydroxyl groups is 2. The Morgan fingerprint density at radius 2 is 1.38 bits per heavy atom. The summed E-state index contributed by atoms with van der Waals surface area (Å²) in [5, 5.41) is 26.4. The molecule has 0 saturated heterocycles. The molecule has 234 valence electrons. The predicted octanol–water partition coefficient (Wildman–Crippen LogP) is 11.3. The van der Waals surface area contributed by atoms with Crippen molar-refractivity contribution >= 4 is 62.9 Å². The summed E-state index contributed by atoms with van der Waals surface area (Å²) in [4.78, 5) is 19.2. The summed E-state index contributed by atoms with van der Waals surface area (Å²) in [6.07, 6.45) is 0. The summed E-state index contributed by atoms with van der Waals surface area (Å²) in [6, 6.07) is 26.1. The molecule has 0 bridgehead atoms. The minimum atomic E-state index is -0.233. The van der Waals surface area contributed by atoms with E-state index >= 15 is 0 Å². The summed E-state index contributed by atoms with van der Waals surface area (Å²) in [7, 11) is 0. The van der Waals surface area contributed by atoms with Crippen molar-refractivity contribution in [1.82, 2.24) is 4.98 Å². The molecular formula is C38H27Cl3N2O4. The fourth-order valence-corrected chi connectivity index (χ4v) is 6.83. The van der Waals surface area contributed by atoms with Gasteiger partial charge in [0.05, 0.1) is 38.2 Å². The third-order valence-corrected chi connectivity index (χ3v) is 9.04. The molecule has 3 N–H and O–H groups in total. The molecule has 1 aromatic heterocycles. The molecule has 0 spiro atoms. The third-order valence-electron chi connectivity index (χ3n) is 8.23. The SMILES string of the molecule is CC(C)(C)c1ccc(Oc2cc(Nc3c(Cl)cc(Cl)cc3Cl)c3c4c(cc(-c5c(O)cccc5O)nc24)-c2ccccc2C3=O)cc1. The van der Waals surface area contributed by atoms with Gasteiger partial charge in [-0.05, 0) is 64.6 Å². The summed E-state index contributed by atoms with van der Waals surface area (Å²) in [6.45, 7) is 6.40. The second-order valence-corrected chi connectivity index (χ2v) is 13.6. The second-order valence-electron chi connectivity index (χ2n) is 12.4. The van der Waals surface area contributed by atoms with Crippen molar-refractivity contribution in [3.8, 4) is 45.4 Å². The smallest absolute Gasteiger partial charge is 0.196 e. The normalized spacial score (nSPS) is 12.3. The van der Waals surface area contributed by atoms with Gasteiger partial charge in [-0.2, -0.15) is 0 Å². The van der Waals surface area contributed by atoms with Crippen LogP contribution in [0.3, 0.4) is 0 Å². The van der Waals surface area contributed by atoms with E-state index in [0.717, 1.165) is 5.56 Å². The van der Waals surface area contributed by atoms with Gasteiger partial charge in [0.15, 0.2) is 11.5 Å². The molecule has 0 saturated carbocycles. The summed E-state index contributed by atoms with van der Waals surface area (Å²) in [5.41, 5.74) is 4.81. The van der Waals surface area contributed by atoms with Gasteiger partial charge in [-0.15, -0.1) is 0 Å². The van der Waals surface area contributed by atoms with Crippen molar-refractivity contribution in [2.75, 3.05) is 5.32 Å². The van der Waals surface area contributed by atoms with Gasteiger partial charge in [0, 0.05) is 22.0 Å². The second kappa shape index (κ2) is 11.5. The van der Waals surface area contributed by atoms with Crippen LogP contribution in [0, 0.1) is 0 Å². The maximum Gasteiger partial charge on any atom is 0.196 e. The van der Waals surface area contributed by atoms with Crippen molar-refractivity contribution in [3.63, 3.8) is 0 Å². The first-order chi connectivity index (χ1) is 22.4. The number of anilines is 2. The van der Waals surface area contributed by atoms with Crippen LogP contribution in [0.5, 0.6) is 23.0 Å². The first kappa shape index (κ1) is 30.9. The number of halogens is 3. The number of carbonyl (C=O) groups is 1. The number of phenols is 2. The molecule has 1 aliphatic rings. The highest BCUT2D eigenvalue weighted by atomic mass is 35.5. The van der Waals surface area contributed by atoms with E-state index in [4.69, 9.17) is 44.5 Å². The number of nitrogens with zero attached hydrogens (tertiary/aromatic N) is 1. The van der Waals surface area contributed by atoms with Gasteiger partial charge in [0.25, 0.3) is 0 Å². The molecule has 6 aromatic rings. The largest absolute Gasteiger partial charge is 0.507 e. The number of rotatable bonds is 5. The van der Waals surface area contributed by atoms with Crippen molar-refractivity contribution in [1.29, 1.82) is 0 Å². The van der Waals surface area contributed by atoms with Gasteiger partial charge in [-0.1, -0.05) is 98.0 Å². The average Bonchev–Trinajstić information content (AvgIpc) is 3.02. The Labute approximate surface area is 286 Å². The van der Waals surface area contributed by atoms with Crippen molar-refractivity contribution < 1.29 is 19.7 Å². The lowest BCUT2D eigenvalue weighted by Crippen LogP contribution is -2.14. The van der Waals surface area contributed by atoms with E-state index in [1.807, 2.05) is 36.4 Å². The number of fused-ring (bicyclic) bond motifs is 2. The van der Waals surface area contributed by atoms with E-state index in [-0.39, 0.29) is 38.3 Å². The highest BCUT2D eigenvalue weighted by Crippen LogP contribution is 2.50. The van der Waals surface area contributed by atoms with Crippen molar-refractivity contribution in [3.05, 3.63) is 123 Å². The molecule has 0 unspecified atom stereocenters. The average molecular weight is 682 g/mol. The van der Waals surface area contributed by atoms with Crippen LogP contribution in [0.15, 0.2) is 91.0 Å². The topological polar surface area (TPSA) is 91.7 Å². The zero-order chi connectivity index (χ0) is 33.2. The van der Waals surface area contributed by atoms with Gasteiger partial charge in [0.1, 0.15) is 22.8 Å². The number of hydrogen-bond acceptors (Lipinski definition) is 6. The molecule has 1 aliphatic carbocycles. The lowest BCUT2D eigenvalue weighted by atomic mass is 9.82. The van der Waals surface area contributed by atoms with Crippen LogP contribution in [-0.4, -0.2) is 21.0 Å². The molecule has 0 fully saturated rings. The molecule has 0 radical (unpaired) electrons. The van der Waals surface area contributed by atoms with Gasteiger partial charge >= 0.3 is 0 Å². The summed E-state index contributed by atoms with van der Waals surface area (Å²) >= 11 is 19.4. The fraction of sp³-hybridized carbons (Fsp3) is 0.105. The molecule has 0 aliphatic heterocycles. The van der Waals surface area contributed by atoms with Crippen LogP contribution in [0.2, 0.25) is 15.1 Å². The number of nitrogens with one attached hydrogen (secondary N) is 1. The van der Waals surface area contributed by atoms with Crippen LogP contribution < -0.4 is 10.1 Å². The first-order valence-corrected chi connectivity index (χ1v) is 15.9. The highest BCUT2D eigenvalue weighted by Gasteiger charge is 2.32. The zero-order valence-corrected chi connectivity index (χ0v) is 27.7. The molecule has 0 atom stereocenters. The lowest BCUT2D eigenvalue weighted by Gasteiger charge is -2.25. The quantitative estimate of drug-likeness (QED) is 0.167. The van der Waals surface area contributed by atoms with Crippen LogP contribution >= 0.6 is 34.8 Å². The number of hydrogen-bond donors (Lipinski definition) is 3. The Balaban J connectivity index is 1.55. The van der Waals surface area contributed by atoms with E-state index in [0.29, 0.717) is 66.7 Å². The van der Waals surface area contributed by atoms with E-state index in [9.17, 15) is 15.0 Å². The minimum absolute atomic E-state index is 0.0586. The Kier molecular flexibility index (Phi) is 7.55. The standard InChI is InChI=1S/C38H27Cl3N2O4/c1-38(2,3)19-11-13-21(14-12-19)47-31-18-28(42-35-25(40)15-20(39)16-26(35)41)34-32-24(22-7-4-5-8-23(22)37(34)46)17-27(43-36(31)32)33-29(44)9-6-10-30(33)45/h4-18,42,44-45H,1-3H3. The predicted molar refractivity (Wildman–Crippen MR) is 189 cm³/mol. The van der Waals surface area contributed by atoms with E-state index in [1.54, 1.807) is 42.5 Å². The minimum Gasteiger partial charge on any atom is -0.507 e. The fourth-order valence-electron chi connectivity index (χ4n) is 5.92. The summed E-state index contributed by atoms with van der Waals surface area (Å²) in [5.74, 6) is 0.345. The molecule has 5 aromatic carbocycles. The van der Waals surface area contributed by atoms with Crippen LogP contribution in [0.25, 0.3) is 33.3 Å². The molecular weight excluding hydrogens is 655 g/mol. The van der Waals surface area contributed by atoms with E-state index in [2.05, 4.69) is 26.1 Å². The van der Waals surface area contributed by atoms with Crippen molar-refractivity contribution in [2.24, 2.45) is 0 Å². The maximum atomic E-state index is 14.3. The van der Waals surface area contributed by atoms with Crippen LogP contribution in [0.1, 0.15) is 42.3 Å². The number of ketones is 1. The van der Waals surface area contributed by atoms with Gasteiger partial charge in [0.2, 0.25) is 0 Å². The summed E-state index contributed by atoms with van der Waals surface area (Å²) < 4.78 is 6.54. The highest BCUT2D eigenvalue weighted by molar-refractivity contribution is 6.42. The molecule has 47 heavy (non-hydrogen) atoms. The molecule has 9 heteroatoms. The van der Waals surface area contributed by atoms with Crippen molar-refractivity contribution in [2.45, 2.75) is 26.2 Å². The number of aromatic nitrogens is 1. The van der Waals surface area contributed by atoms with Crippen LogP contribution in [0.4, 0.5) is 11.4 Å². The third kappa shape index (κ3) is 5.42. The first-order valence-electron chi connectivity index (χ1n) is 14.8. The Morgan fingerprint density at radius 3 is 2.02 bits per heavy atom. The molecule has 0 amide bonds. The van der Waals surface area contributed by atoms with Gasteiger partial charge in [-0.3, -0.25) is 4.79 Å². The molecule has 1 heterocycles. The van der Waals surface area contributed by atoms with Crippen LogP contribution in [-0.2, 0) is 5.41 Å². The Bertz CT molecular complexity index is 2220. The Morgan fingerprint density at radius 1 is 0.745 bits per heavy atom. The number of phenolic OH excluding ortho intramolecular Hbond substituents is 2. The number of pyridine rings is 1. The number of carbonyl (C=O) groups excluding carboxylic acids is 1. The molecule has 6 nitrogen and oxygen atoms in total. The molecule has 7 rings (SSSR count). The zero-order valence-electron chi connectivity index (χ0n) is 25.5. The monoisotopic (exact) mass is 680 g/mol.